The van der Waals surface area contributed by atoms with Gasteiger partial charge in [-0.05, 0) is 30.2 Å². The lowest BCUT2D eigenvalue weighted by molar-refractivity contribution is -0.124. The van der Waals surface area contributed by atoms with Crippen molar-refractivity contribution in [3.63, 3.8) is 0 Å². The van der Waals surface area contributed by atoms with E-state index in [1.54, 1.807) is 6.07 Å². The summed E-state index contributed by atoms with van der Waals surface area (Å²) in [5, 5.41) is 4.22. The summed E-state index contributed by atoms with van der Waals surface area (Å²) in [6.45, 7) is 0.0410. The van der Waals surface area contributed by atoms with E-state index >= 15 is 0 Å². The van der Waals surface area contributed by atoms with Crippen molar-refractivity contribution < 1.29 is 14.3 Å². The molecule has 0 aliphatic carbocycles. The Morgan fingerprint density at radius 2 is 1.77 bits per heavy atom. The topological polar surface area (TPSA) is 71.2 Å². The van der Waals surface area contributed by atoms with Crippen molar-refractivity contribution in [2.24, 2.45) is 0 Å². The zero-order chi connectivity index (χ0) is 18.5. The second kappa shape index (κ2) is 8.25. The Hall–Kier alpha value is -2.50. The second-order valence-electron chi connectivity index (χ2n) is 5.63. The summed E-state index contributed by atoms with van der Waals surface area (Å²) in [4.78, 5) is 27.1. The SMILES string of the molecule is O=C(COC(=O)c1c(Cl)cccc1Cl)NCCc1c[nH]c2ccccc12. The first kappa shape index (κ1) is 18.3. The van der Waals surface area contributed by atoms with Gasteiger partial charge >= 0.3 is 5.97 Å². The molecule has 0 aliphatic heterocycles. The molecule has 134 valence electrons. The van der Waals surface area contributed by atoms with Gasteiger partial charge in [0.05, 0.1) is 15.6 Å². The molecule has 1 amide bonds. The predicted molar refractivity (Wildman–Crippen MR) is 102 cm³/mol. The van der Waals surface area contributed by atoms with Crippen molar-refractivity contribution in [2.75, 3.05) is 13.2 Å². The zero-order valence-electron chi connectivity index (χ0n) is 13.7. The molecule has 1 aromatic heterocycles. The Labute approximate surface area is 160 Å². The van der Waals surface area contributed by atoms with E-state index in [2.05, 4.69) is 10.3 Å². The maximum Gasteiger partial charge on any atom is 0.341 e. The largest absolute Gasteiger partial charge is 0.452 e. The molecule has 0 bridgehead atoms. The molecule has 2 aromatic carbocycles. The van der Waals surface area contributed by atoms with E-state index in [0.717, 1.165) is 16.5 Å². The number of nitrogens with one attached hydrogen (secondary N) is 2. The first-order valence-electron chi connectivity index (χ1n) is 7.99. The molecule has 0 saturated carbocycles. The third-order valence-electron chi connectivity index (χ3n) is 3.89. The van der Waals surface area contributed by atoms with E-state index in [1.807, 2.05) is 30.5 Å². The highest BCUT2D eigenvalue weighted by molar-refractivity contribution is 6.39. The van der Waals surface area contributed by atoms with Gasteiger partial charge in [0.25, 0.3) is 5.91 Å². The number of ether oxygens (including phenoxy) is 1. The van der Waals surface area contributed by atoms with Crippen LogP contribution in [0.3, 0.4) is 0 Å². The molecule has 0 spiro atoms. The number of carbonyl (C=O) groups excluding carboxylic acids is 2. The molecule has 0 radical (unpaired) electrons. The van der Waals surface area contributed by atoms with E-state index < -0.39 is 12.6 Å². The minimum atomic E-state index is -0.729. The van der Waals surface area contributed by atoms with Crippen molar-refractivity contribution in [1.82, 2.24) is 10.3 Å². The first-order valence-corrected chi connectivity index (χ1v) is 8.74. The molecule has 0 fully saturated rings. The van der Waals surface area contributed by atoms with E-state index in [4.69, 9.17) is 27.9 Å². The summed E-state index contributed by atoms with van der Waals surface area (Å²) in [6, 6.07) is 12.6. The molecule has 26 heavy (non-hydrogen) atoms. The van der Waals surface area contributed by atoms with Crippen LogP contribution in [0.5, 0.6) is 0 Å². The smallest absolute Gasteiger partial charge is 0.341 e. The fourth-order valence-corrected chi connectivity index (χ4v) is 3.17. The number of H-pyrrole nitrogens is 1. The van der Waals surface area contributed by atoms with Crippen molar-refractivity contribution in [1.29, 1.82) is 0 Å². The van der Waals surface area contributed by atoms with Gasteiger partial charge in [0.2, 0.25) is 0 Å². The maximum absolute atomic E-state index is 12.0. The third kappa shape index (κ3) is 4.18. The number of aromatic nitrogens is 1. The van der Waals surface area contributed by atoms with Crippen LogP contribution >= 0.6 is 23.2 Å². The molecule has 1 heterocycles. The molecule has 0 unspecified atom stereocenters. The minimum Gasteiger partial charge on any atom is -0.452 e. The average molecular weight is 391 g/mol. The lowest BCUT2D eigenvalue weighted by Gasteiger charge is -2.08. The Bertz CT molecular complexity index is 933. The highest BCUT2D eigenvalue weighted by Crippen LogP contribution is 2.24. The number of fused-ring (bicyclic) bond motifs is 1. The van der Waals surface area contributed by atoms with Crippen LogP contribution in [0.2, 0.25) is 10.0 Å². The van der Waals surface area contributed by atoms with Crippen LogP contribution in [-0.2, 0) is 16.0 Å². The number of hydrogen-bond donors (Lipinski definition) is 2. The van der Waals surface area contributed by atoms with E-state index in [0.29, 0.717) is 13.0 Å². The number of benzene rings is 2. The van der Waals surface area contributed by atoms with Crippen LogP contribution in [-0.4, -0.2) is 30.0 Å². The van der Waals surface area contributed by atoms with Gasteiger partial charge in [-0.3, -0.25) is 4.79 Å². The number of esters is 1. The van der Waals surface area contributed by atoms with Crippen LogP contribution in [0.4, 0.5) is 0 Å². The number of amides is 1. The zero-order valence-corrected chi connectivity index (χ0v) is 15.2. The highest BCUT2D eigenvalue weighted by atomic mass is 35.5. The van der Waals surface area contributed by atoms with Gasteiger partial charge in [-0.1, -0.05) is 47.5 Å². The number of halogens is 2. The summed E-state index contributed by atoms with van der Waals surface area (Å²) < 4.78 is 4.98. The number of carbonyl (C=O) groups is 2. The summed E-state index contributed by atoms with van der Waals surface area (Å²) in [5.41, 5.74) is 2.22. The lowest BCUT2D eigenvalue weighted by Crippen LogP contribution is -2.30. The molecular weight excluding hydrogens is 375 g/mol. The number of para-hydroxylation sites is 1. The molecular formula is C19H16Cl2N2O3. The molecule has 3 rings (SSSR count). The monoisotopic (exact) mass is 390 g/mol. The number of hydrogen-bond acceptors (Lipinski definition) is 3. The van der Waals surface area contributed by atoms with Gasteiger partial charge in [-0.2, -0.15) is 0 Å². The van der Waals surface area contributed by atoms with Crippen molar-refractivity contribution >= 4 is 46.0 Å². The van der Waals surface area contributed by atoms with Crippen LogP contribution in [0, 0.1) is 0 Å². The molecule has 7 heteroatoms. The molecule has 2 N–H and O–H groups in total. The van der Waals surface area contributed by atoms with Crippen LogP contribution in [0.15, 0.2) is 48.7 Å². The normalized spacial score (nSPS) is 10.7. The third-order valence-corrected chi connectivity index (χ3v) is 4.52. The first-order chi connectivity index (χ1) is 12.6. The van der Waals surface area contributed by atoms with Crippen LogP contribution in [0.25, 0.3) is 10.9 Å². The quantitative estimate of drug-likeness (QED) is 0.625. The highest BCUT2D eigenvalue weighted by Gasteiger charge is 2.17. The Balaban J connectivity index is 1.48. The predicted octanol–water partition coefficient (Wildman–Crippen LogP) is 3.99. The fraction of sp³-hybridized carbons (Fsp3) is 0.158. The summed E-state index contributed by atoms with van der Waals surface area (Å²) in [5.74, 6) is -1.12. The molecule has 0 atom stereocenters. The molecule has 0 aliphatic rings. The maximum atomic E-state index is 12.0. The van der Waals surface area contributed by atoms with Gasteiger partial charge in [0.1, 0.15) is 0 Å². The van der Waals surface area contributed by atoms with Gasteiger partial charge < -0.3 is 15.0 Å². The second-order valence-corrected chi connectivity index (χ2v) is 6.45. The van der Waals surface area contributed by atoms with Crippen molar-refractivity contribution in [3.05, 3.63) is 69.8 Å². The summed E-state index contributed by atoms with van der Waals surface area (Å²) in [6.07, 6.45) is 2.59. The van der Waals surface area contributed by atoms with E-state index in [9.17, 15) is 9.59 Å². The van der Waals surface area contributed by atoms with Gasteiger partial charge in [-0.15, -0.1) is 0 Å². The minimum absolute atomic E-state index is 0.0578. The Morgan fingerprint density at radius 3 is 2.54 bits per heavy atom. The average Bonchev–Trinajstić information content (AvgIpc) is 3.03. The van der Waals surface area contributed by atoms with Crippen molar-refractivity contribution in [2.45, 2.75) is 6.42 Å². The van der Waals surface area contributed by atoms with E-state index in [-0.39, 0.29) is 21.5 Å². The molecule has 3 aromatic rings. The Kier molecular flexibility index (Phi) is 5.81. The van der Waals surface area contributed by atoms with Gasteiger partial charge in [0.15, 0.2) is 6.61 Å². The lowest BCUT2D eigenvalue weighted by atomic mass is 10.1. The van der Waals surface area contributed by atoms with Crippen molar-refractivity contribution in [3.8, 4) is 0 Å². The molecule has 5 nitrogen and oxygen atoms in total. The molecule has 0 saturated heterocycles. The fourth-order valence-electron chi connectivity index (χ4n) is 2.62. The Morgan fingerprint density at radius 1 is 1.04 bits per heavy atom. The van der Waals surface area contributed by atoms with Gasteiger partial charge in [0, 0.05) is 23.6 Å². The van der Waals surface area contributed by atoms with Crippen LogP contribution in [0.1, 0.15) is 15.9 Å². The number of rotatable bonds is 6. The summed E-state index contributed by atoms with van der Waals surface area (Å²) >= 11 is 11.9. The standard InChI is InChI=1S/C19H16Cl2N2O3/c20-14-5-3-6-15(21)18(14)19(25)26-11-17(24)22-9-8-12-10-23-16-7-2-1-4-13(12)16/h1-7,10,23H,8-9,11H2,(H,22,24). The number of aromatic amines is 1. The van der Waals surface area contributed by atoms with Crippen LogP contribution < -0.4 is 5.32 Å². The summed E-state index contributed by atoms with van der Waals surface area (Å²) in [7, 11) is 0. The van der Waals surface area contributed by atoms with Gasteiger partial charge in [-0.25, -0.2) is 4.79 Å². The van der Waals surface area contributed by atoms with E-state index in [1.165, 1.54) is 12.1 Å².